The Labute approximate surface area is 173 Å². The maximum Gasteiger partial charge on any atom is 0.262 e. The van der Waals surface area contributed by atoms with Crippen molar-refractivity contribution >= 4 is 28.4 Å². The highest BCUT2D eigenvalue weighted by Crippen LogP contribution is 2.22. The number of ether oxygens (including phenoxy) is 1. The number of nitrogens with zero attached hydrogens (tertiary/aromatic N) is 4. The predicted molar refractivity (Wildman–Crippen MR) is 117 cm³/mol. The van der Waals surface area contributed by atoms with Crippen molar-refractivity contribution in [1.29, 1.82) is 0 Å². The summed E-state index contributed by atoms with van der Waals surface area (Å²) >= 11 is 1.58. The van der Waals surface area contributed by atoms with Gasteiger partial charge in [-0.15, -0.1) is 10.2 Å². The minimum Gasteiger partial charge on any atom is -0.493 e. The summed E-state index contributed by atoms with van der Waals surface area (Å²) in [5, 5.41) is 10.2. The quantitative estimate of drug-likeness (QED) is 0.321. The molecule has 2 aromatic heterocycles. The zero-order valence-electron chi connectivity index (χ0n) is 16.7. The zero-order valence-corrected chi connectivity index (χ0v) is 17.5. The number of thioether (sulfide) groups is 1. The van der Waals surface area contributed by atoms with Crippen molar-refractivity contribution in [3.63, 3.8) is 0 Å². The average molecular weight is 409 g/mol. The molecule has 150 valence electrons. The maximum absolute atomic E-state index is 13.0. The van der Waals surface area contributed by atoms with Crippen molar-refractivity contribution < 1.29 is 4.74 Å². The van der Waals surface area contributed by atoms with Crippen LogP contribution in [0.2, 0.25) is 0 Å². The van der Waals surface area contributed by atoms with Crippen LogP contribution >= 0.6 is 11.8 Å². The molecule has 0 aliphatic rings. The van der Waals surface area contributed by atoms with E-state index in [0.29, 0.717) is 24.3 Å². The van der Waals surface area contributed by atoms with Crippen LogP contribution in [0.5, 0.6) is 5.75 Å². The molecule has 0 bridgehead atoms. The molecule has 0 saturated carbocycles. The van der Waals surface area contributed by atoms with Crippen molar-refractivity contribution in [2.75, 3.05) is 12.4 Å². The molecule has 0 aliphatic heterocycles. The first-order valence-corrected chi connectivity index (χ1v) is 10.9. The number of unbranched alkanes of at least 4 members (excludes halogenated alkanes) is 1. The van der Waals surface area contributed by atoms with Crippen molar-refractivity contribution in [2.45, 2.75) is 38.4 Å². The van der Waals surface area contributed by atoms with E-state index in [4.69, 9.17) is 4.74 Å². The maximum atomic E-state index is 13.0. The van der Waals surface area contributed by atoms with Crippen molar-refractivity contribution in [3.05, 3.63) is 64.4 Å². The first kappa shape index (κ1) is 19.5. The molecule has 7 heteroatoms. The molecular formula is C22H24N4O2S. The third-order valence-electron chi connectivity index (χ3n) is 4.82. The van der Waals surface area contributed by atoms with Gasteiger partial charge in [0.15, 0.2) is 5.16 Å². The van der Waals surface area contributed by atoms with Gasteiger partial charge in [-0.25, -0.2) is 0 Å². The summed E-state index contributed by atoms with van der Waals surface area (Å²) in [4.78, 5) is 13.0. The lowest BCUT2D eigenvalue weighted by Crippen LogP contribution is -2.23. The average Bonchev–Trinajstić information content (AvgIpc) is 3.16. The smallest absolute Gasteiger partial charge is 0.262 e. The molecule has 0 atom stereocenters. The van der Waals surface area contributed by atoms with Gasteiger partial charge in [-0.3, -0.25) is 13.8 Å². The molecule has 2 heterocycles. The Hall–Kier alpha value is -2.80. The van der Waals surface area contributed by atoms with Gasteiger partial charge in [0.05, 0.1) is 17.5 Å². The molecule has 0 unspecified atom stereocenters. The number of aryl methyl sites for hydroxylation is 2. The monoisotopic (exact) mass is 408 g/mol. The van der Waals surface area contributed by atoms with Gasteiger partial charge in [-0.1, -0.05) is 54.9 Å². The van der Waals surface area contributed by atoms with Crippen LogP contribution < -0.4 is 10.3 Å². The number of rotatable bonds is 8. The lowest BCUT2D eigenvalue weighted by molar-refractivity contribution is 0.344. The molecule has 2 aromatic carbocycles. The standard InChI is InChI=1S/C22H24N4O2S/c1-3-4-13-25-20(27)18-7-5-6-8-19(18)26-21(25)23-24-22(26)29-15-14-28-17-11-9-16(2)10-12-17/h5-12H,3-4,13-15H2,1-2H3. The Morgan fingerprint density at radius 3 is 2.66 bits per heavy atom. The van der Waals surface area contributed by atoms with E-state index in [9.17, 15) is 4.79 Å². The third kappa shape index (κ3) is 4.00. The molecule has 4 aromatic rings. The second kappa shape index (κ2) is 8.69. The molecule has 0 amide bonds. The van der Waals surface area contributed by atoms with Crippen LogP contribution in [0, 0.1) is 6.92 Å². The van der Waals surface area contributed by atoms with Gasteiger partial charge in [0.1, 0.15) is 5.75 Å². The molecule has 6 nitrogen and oxygen atoms in total. The highest BCUT2D eigenvalue weighted by molar-refractivity contribution is 7.99. The zero-order chi connectivity index (χ0) is 20.2. The van der Waals surface area contributed by atoms with Gasteiger partial charge < -0.3 is 4.74 Å². The SMILES string of the molecule is CCCCn1c(=O)c2ccccc2n2c(SCCOc3ccc(C)cc3)nnc12. The normalized spacial score (nSPS) is 11.4. The lowest BCUT2D eigenvalue weighted by Gasteiger charge is -2.11. The number of aromatic nitrogens is 4. The van der Waals surface area contributed by atoms with E-state index in [-0.39, 0.29) is 5.56 Å². The fraction of sp³-hybridized carbons (Fsp3) is 0.318. The number of para-hydroxylation sites is 1. The van der Waals surface area contributed by atoms with Gasteiger partial charge >= 0.3 is 0 Å². The van der Waals surface area contributed by atoms with E-state index in [1.807, 2.05) is 52.9 Å². The van der Waals surface area contributed by atoms with Crippen LogP contribution in [0.3, 0.4) is 0 Å². The molecule has 0 N–H and O–H groups in total. The summed E-state index contributed by atoms with van der Waals surface area (Å²) in [7, 11) is 0. The first-order valence-electron chi connectivity index (χ1n) is 9.88. The van der Waals surface area contributed by atoms with Crippen LogP contribution in [0.1, 0.15) is 25.3 Å². The minimum atomic E-state index is -0.00629. The van der Waals surface area contributed by atoms with Crippen LogP contribution in [0.4, 0.5) is 0 Å². The van der Waals surface area contributed by atoms with Crippen LogP contribution in [0.25, 0.3) is 16.7 Å². The van der Waals surface area contributed by atoms with Crippen LogP contribution in [-0.4, -0.2) is 31.5 Å². The lowest BCUT2D eigenvalue weighted by atomic mass is 10.2. The van der Waals surface area contributed by atoms with E-state index in [1.165, 1.54) is 5.56 Å². The van der Waals surface area contributed by atoms with E-state index >= 15 is 0 Å². The van der Waals surface area contributed by atoms with Crippen LogP contribution in [-0.2, 0) is 6.54 Å². The Balaban J connectivity index is 1.60. The Bertz CT molecular complexity index is 1180. The molecule has 0 fully saturated rings. The largest absolute Gasteiger partial charge is 0.493 e. The van der Waals surface area contributed by atoms with Gasteiger partial charge in [0.25, 0.3) is 5.56 Å². The first-order chi connectivity index (χ1) is 14.2. The Morgan fingerprint density at radius 2 is 1.86 bits per heavy atom. The fourth-order valence-electron chi connectivity index (χ4n) is 3.27. The fourth-order valence-corrected chi connectivity index (χ4v) is 4.03. The van der Waals surface area contributed by atoms with E-state index in [0.717, 1.165) is 35.0 Å². The topological polar surface area (TPSA) is 61.4 Å². The highest BCUT2D eigenvalue weighted by Gasteiger charge is 2.16. The van der Waals surface area contributed by atoms with Gasteiger partial charge in [0, 0.05) is 12.3 Å². The highest BCUT2D eigenvalue weighted by atomic mass is 32.2. The number of hydrogen-bond donors (Lipinski definition) is 0. The predicted octanol–water partition coefficient (Wildman–Crippen LogP) is 4.32. The second-order valence-electron chi connectivity index (χ2n) is 6.96. The van der Waals surface area contributed by atoms with E-state index in [1.54, 1.807) is 16.3 Å². The van der Waals surface area contributed by atoms with Crippen molar-refractivity contribution in [1.82, 2.24) is 19.2 Å². The molecule has 0 radical (unpaired) electrons. The summed E-state index contributed by atoms with van der Waals surface area (Å²) in [6, 6.07) is 15.7. The van der Waals surface area contributed by atoms with Crippen molar-refractivity contribution in [2.24, 2.45) is 0 Å². The number of benzene rings is 2. The summed E-state index contributed by atoms with van der Waals surface area (Å²) in [5.74, 6) is 2.20. The van der Waals surface area contributed by atoms with Crippen LogP contribution in [0.15, 0.2) is 58.5 Å². The number of fused-ring (bicyclic) bond motifs is 3. The Morgan fingerprint density at radius 1 is 1.07 bits per heavy atom. The molecule has 0 saturated heterocycles. The summed E-state index contributed by atoms with van der Waals surface area (Å²) in [6.45, 7) is 5.38. The minimum absolute atomic E-state index is 0.00629. The summed E-state index contributed by atoms with van der Waals surface area (Å²) in [6.07, 6.45) is 1.94. The van der Waals surface area contributed by atoms with Crippen molar-refractivity contribution in [3.8, 4) is 5.75 Å². The van der Waals surface area contributed by atoms with Gasteiger partial charge in [-0.2, -0.15) is 0 Å². The molecule has 0 aliphatic carbocycles. The Kier molecular flexibility index (Phi) is 5.85. The third-order valence-corrected chi connectivity index (χ3v) is 5.71. The summed E-state index contributed by atoms with van der Waals surface area (Å²) < 4.78 is 9.55. The van der Waals surface area contributed by atoms with E-state index in [2.05, 4.69) is 24.0 Å². The molecule has 29 heavy (non-hydrogen) atoms. The molecule has 4 rings (SSSR count). The van der Waals surface area contributed by atoms with Gasteiger partial charge in [-0.05, 0) is 37.6 Å². The van der Waals surface area contributed by atoms with Gasteiger partial charge in [0.2, 0.25) is 5.78 Å². The molecular weight excluding hydrogens is 384 g/mol. The summed E-state index contributed by atoms with van der Waals surface area (Å²) in [5.41, 5.74) is 2.04. The number of hydrogen-bond acceptors (Lipinski definition) is 5. The second-order valence-corrected chi connectivity index (χ2v) is 8.02. The van der Waals surface area contributed by atoms with E-state index < -0.39 is 0 Å². The molecule has 0 spiro atoms.